The summed E-state index contributed by atoms with van der Waals surface area (Å²) >= 11 is 1.93. The molecule has 0 aliphatic rings. The number of thioether (sulfide) groups is 1. The standard InChI is InChI=1S/C16H18S/c1-2-14-8-10-16(11-9-14)17-13-12-15-6-4-3-5-7-15/h3-11H,2,12-13H2,1H3. The van der Waals surface area contributed by atoms with Crippen molar-refractivity contribution < 1.29 is 0 Å². The molecular weight excluding hydrogens is 224 g/mol. The average Bonchev–Trinajstić information content (AvgIpc) is 2.41. The molecule has 2 aromatic carbocycles. The molecule has 1 heteroatoms. The summed E-state index contributed by atoms with van der Waals surface area (Å²) in [5.74, 6) is 1.15. The Labute approximate surface area is 108 Å². The van der Waals surface area contributed by atoms with E-state index in [2.05, 4.69) is 61.5 Å². The van der Waals surface area contributed by atoms with Crippen LogP contribution < -0.4 is 0 Å². The first kappa shape index (κ1) is 12.3. The van der Waals surface area contributed by atoms with Gasteiger partial charge in [-0.25, -0.2) is 0 Å². The molecule has 0 aliphatic carbocycles. The van der Waals surface area contributed by atoms with Crippen LogP contribution in [0.25, 0.3) is 0 Å². The van der Waals surface area contributed by atoms with Crippen molar-refractivity contribution in [2.75, 3.05) is 5.75 Å². The fourth-order valence-corrected chi connectivity index (χ4v) is 2.65. The van der Waals surface area contributed by atoms with Crippen LogP contribution in [0.3, 0.4) is 0 Å². The second-order valence-electron chi connectivity index (χ2n) is 4.08. The first-order chi connectivity index (χ1) is 8.38. The highest BCUT2D eigenvalue weighted by molar-refractivity contribution is 7.99. The third kappa shape index (κ3) is 3.94. The maximum atomic E-state index is 2.23. The Morgan fingerprint density at radius 1 is 0.824 bits per heavy atom. The number of hydrogen-bond donors (Lipinski definition) is 0. The van der Waals surface area contributed by atoms with E-state index in [1.54, 1.807) is 0 Å². The van der Waals surface area contributed by atoms with Gasteiger partial charge in [0.05, 0.1) is 0 Å². The lowest BCUT2D eigenvalue weighted by Crippen LogP contribution is -1.87. The Morgan fingerprint density at radius 3 is 2.18 bits per heavy atom. The van der Waals surface area contributed by atoms with E-state index in [0.29, 0.717) is 0 Å². The Hall–Kier alpha value is -1.21. The van der Waals surface area contributed by atoms with Gasteiger partial charge in [-0.3, -0.25) is 0 Å². The van der Waals surface area contributed by atoms with Crippen molar-refractivity contribution in [2.45, 2.75) is 24.7 Å². The minimum atomic E-state index is 1.12. The van der Waals surface area contributed by atoms with Gasteiger partial charge < -0.3 is 0 Å². The van der Waals surface area contributed by atoms with Crippen molar-refractivity contribution in [2.24, 2.45) is 0 Å². The molecule has 0 aromatic heterocycles. The molecule has 0 fully saturated rings. The number of benzene rings is 2. The Morgan fingerprint density at radius 2 is 1.53 bits per heavy atom. The van der Waals surface area contributed by atoms with Gasteiger partial charge in [-0.1, -0.05) is 49.4 Å². The van der Waals surface area contributed by atoms with Crippen LogP contribution in [0.15, 0.2) is 59.5 Å². The van der Waals surface area contributed by atoms with Crippen molar-refractivity contribution in [3.63, 3.8) is 0 Å². The third-order valence-electron chi connectivity index (χ3n) is 2.83. The molecule has 0 nitrogen and oxygen atoms in total. The highest BCUT2D eigenvalue weighted by Gasteiger charge is 1.96. The van der Waals surface area contributed by atoms with Crippen LogP contribution in [0.2, 0.25) is 0 Å². The maximum absolute atomic E-state index is 2.23. The summed E-state index contributed by atoms with van der Waals surface area (Å²) in [5, 5.41) is 0. The van der Waals surface area contributed by atoms with Crippen LogP contribution in [0.4, 0.5) is 0 Å². The van der Waals surface area contributed by atoms with Crippen LogP contribution in [-0.2, 0) is 12.8 Å². The molecule has 0 radical (unpaired) electrons. The summed E-state index contributed by atoms with van der Waals surface area (Å²) in [5.41, 5.74) is 2.84. The van der Waals surface area contributed by atoms with E-state index in [0.717, 1.165) is 18.6 Å². The molecule has 0 atom stereocenters. The van der Waals surface area contributed by atoms with Crippen molar-refractivity contribution in [3.8, 4) is 0 Å². The fraction of sp³-hybridized carbons (Fsp3) is 0.250. The monoisotopic (exact) mass is 242 g/mol. The Bertz CT molecular complexity index is 431. The van der Waals surface area contributed by atoms with Gasteiger partial charge in [0.15, 0.2) is 0 Å². The van der Waals surface area contributed by atoms with Gasteiger partial charge >= 0.3 is 0 Å². The molecule has 0 N–H and O–H groups in total. The van der Waals surface area contributed by atoms with Gasteiger partial charge in [0.25, 0.3) is 0 Å². The van der Waals surface area contributed by atoms with Crippen molar-refractivity contribution in [1.82, 2.24) is 0 Å². The molecule has 2 aromatic rings. The zero-order valence-corrected chi connectivity index (χ0v) is 11.0. The minimum absolute atomic E-state index is 1.12. The van der Waals surface area contributed by atoms with Gasteiger partial charge in [-0.2, -0.15) is 0 Å². The molecular formula is C16H18S. The molecule has 0 bridgehead atoms. The second-order valence-corrected chi connectivity index (χ2v) is 5.25. The molecule has 0 saturated carbocycles. The van der Waals surface area contributed by atoms with E-state index in [-0.39, 0.29) is 0 Å². The van der Waals surface area contributed by atoms with Crippen LogP contribution in [0.5, 0.6) is 0 Å². The van der Waals surface area contributed by atoms with Crippen molar-refractivity contribution >= 4 is 11.8 Å². The van der Waals surface area contributed by atoms with E-state index < -0.39 is 0 Å². The molecule has 0 saturated heterocycles. The van der Waals surface area contributed by atoms with Gasteiger partial charge in [-0.05, 0) is 36.1 Å². The molecule has 0 unspecified atom stereocenters. The lowest BCUT2D eigenvalue weighted by molar-refractivity contribution is 1.13. The second kappa shape index (κ2) is 6.51. The highest BCUT2D eigenvalue weighted by atomic mass is 32.2. The number of rotatable bonds is 5. The summed E-state index contributed by atoms with van der Waals surface area (Å²) in [6.45, 7) is 2.19. The summed E-state index contributed by atoms with van der Waals surface area (Å²) in [4.78, 5) is 1.37. The zero-order valence-electron chi connectivity index (χ0n) is 10.2. The molecule has 88 valence electrons. The molecule has 0 amide bonds. The first-order valence-corrected chi connectivity index (χ1v) is 7.12. The van der Waals surface area contributed by atoms with E-state index in [4.69, 9.17) is 0 Å². The van der Waals surface area contributed by atoms with Crippen LogP contribution in [0.1, 0.15) is 18.1 Å². The number of aryl methyl sites for hydroxylation is 2. The van der Waals surface area contributed by atoms with E-state index in [1.807, 2.05) is 11.8 Å². The van der Waals surface area contributed by atoms with Crippen LogP contribution in [-0.4, -0.2) is 5.75 Å². The number of hydrogen-bond acceptors (Lipinski definition) is 1. The average molecular weight is 242 g/mol. The summed E-state index contributed by atoms with van der Waals surface area (Å²) in [6.07, 6.45) is 2.26. The van der Waals surface area contributed by atoms with Gasteiger partial charge in [0.2, 0.25) is 0 Å². The molecule has 0 aliphatic heterocycles. The SMILES string of the molecule is CCc1ccc(SCCc2ccccc2)cc1. The van der Waals surface area contributed by atoms with Crippen molar-refractivity contribution in [3.05, 3.63) is 65.7 Å². The summed E-state index contributed by atoms with van der Waals surface area (Å²) < 4.78 is 0. The molecule has 0 spiro atoms. The quantitative estimate of drug-likeness (QED) is 0.691. The smallest absolute Gasteiger partial charge is 0.00722 e. The van der Waals surface area contributed by atoms with Gasteiger partial charge in [0.1, 0.15) is 0 Å². The van der Waals surface area contributed by atoms with Gasteiger partial charge in [0, 0.05) is 10.6 Å². The predicted molar refractivity (Wildman–Crippen MR) is 76.7 cm³/mol. The van der Waals surface area contributed by atoms with Crippen LogP contribution >= 0.6 is 11.8 Å². The molecule has 0 heterocycles. The maximum Gasteiger partial charge on any atom is 0.00722 e. The fourth-order valence-electron chi connectivity index (χ4n) is 1.75. The topological polar surface area (TPSA) is 0 Å². The van der Waals surface area contributed by atoms with E-state index >= 15 is 0 Å². The Kier molecular flexibility index (Phi) is 4.69. The van der Waals surface area contributed by atoms with Crippen LogP contribution in [0, 0.1) is 0 Å². The lowest BCUT2D eigenvalue weighted by atomic mass is 10.2. The van der Waals surface area contributed by atoms with Gasteiger partial charge in [-0.15, -0.1) is 11.8 Å². The third-order valence-corrected chi connectivity index (χ3v) is 3.85. The van der Waals surface area contributed by atoms with E-state index in [1.165, 1.54) is 16.0 Å². The predicted octanol–water partition coefficient (Wildman–Crippen LogP) is 4.58. The first-order valence-electron chi connectivity index (χ1n) is 6.14. The summed E-state index contributed by atoms with van der Waals surface area (Å²) in [6, 6.07) is 19.6. The largest absolute Gasteiger partial charge is 0.126 e. The molecule has 2 rings (SSSR count). The normalized spacial score (nSPS) is 10.4. The molecule has 17 heavy (non-hydrogen) atoms. The lowest BCUT2D eigenvalue weighted by Gasteiger charge is -2.03. The van der Waals surface area contributed by atoms with E-state index in [9.17, 15) is 0 Å². The minimum Gasteiger partial charge on any atom is -0.126 e. The zero-order chi connectivity index (χ0) is 11.9. The highest BCUT2D eigenvalue weighted by Crippen LogP contribution is 2.19. The van der Waals surface area contributed by atoms with Crippen molar-refractivity contribution in [1.29, 1.82) is 0 Å². The summed E-state index contributed by atoms with van der Waals surface area (Å²) in [7, 11) is 0. The Balaban J connectivity index is 1.82.